The van der Waals surface area contributed by atoms with Crippen molar-refractivity contribution in [1.29, 1.82) is 0 Å². The highest BCUT2D eigenvalue weighted by Gasteiger charge is 2.31. The topological polar surface area (TPSA) is 111 Å². The summed E-state index contributed by atoms with van der Waals surface area (Å²) >= 11 is 1.31. The van der Waals surface area contributed by atoms with Crippen LogP contribution in [-0.2, 0) is 17.4 Å². The SMILES string of the molecule is NC(=O)Cc1nc2c(Oc3cc(-c4ccc(C(F)(F)F)cc4O)ncn3)cccc2s1. The number of phenolic OH excluding ortho intramolecular Hbond substituents is 1. The Kier molecular flexibility index (Phi) is 5.19. The van der Waals surface area contributed by atoms with Gasteiger partial charge >= 0.3 is 6.18 Å². The maximum absolute atomic E-state index is 12.8. The Labute approximate surface area is 177 Å². The van der Waals surface area contributed by atoms with Gasteiger partial charge in [0.05, 0.1) is 22.4 Å². The number of alkyl halides is 3. The van der Waals surface area contributed by atoms with E-state index in [-0.39, 0.29) is 23.6 Å². The number of hydrogen-bond donors (Lipinski definition) is 2. The lowest BCUT2D eigenvalue weighted by Gasteiger charge is -2.10. The molecule has 3 N–H and O–H groups in total. The number of carbonyl (C=O) groups excluding carboxylic acids is 1. The quantitative estimate of drug-likeness (QED) is 0.473. The molecule has 7 nitrogen and oxygen atoms in total. The average molecular weight is 446 g/mol. The van der Waals surface area contributed by atoms with Crippen LogP contribution in [-0.4, -0.2) is 26.0 Å². The highest BCUT2D eigenvalue weighted by molar-refractivity contribution is 7.18. The van der Waals surface area contributed by atoms with Crippen LogP contribution in [0.4, 0.5) is 13.2 Å². The molecule has 11 heteroatoms. The molecule has 2 aromatic heterocycles. The van der Waals surface area contributed by atoms with Gasteiger partial charge in [0.1, 0.15) is 22.6 Å². The molecule has 31 heavy (non-hydrogen) atoms. The van der Waals surface area contributed by atoms with Crippen molar-refractivity contribution in [3.8, 4) is 28.6 Å². The standard InChI is InChI=1S/C20H13F3N4O3S/c21-20(22,23)10-4-5-11(13(28)6-10)12-7-17(26-9-25-12)30-14-2-1-3-15-19(14)27-18(31-15)8-16(24)29/h1-7,9,28H,8H2,(H2,24,29). The molecular weight excluding hydrogens is 433 g/mol. The fraction of sp³-hybridized carbons (Fsp3) is 0.100. The minimum absolute atomic E-state index is 0.00361. The maximum atomic E-state index is 12.8. The van der Waals surface area contributed by atoms with Crippen molar-refractivity contribution in [3.05, 3.63) is 59.4 Å². The molecule has 0 saturated carbocycles. The van der Waals surface area contributed by atoms with Gasteiger partial charge in [-0.15, -0.1) is 11.3 Å². The summed E-state index contributed by atoms with van der Waals surface area (Å²) in [7, 11) is 0. The first-order chi connectivity index (χ1) is 14.7. The number of hydrogen-bond acceptors (Lipinski definition) is 7. The van der Waals surface area contributed by atoms with Crippen LogP contribution in [0.5, 0.6) is 17.4 Å². The number of fused-ring (bicyclic) bond motifs is 1. The average Bonchev–Trinajstić information content (AvgIpc) is 3.10. The van der Waals surface area contributed by atoms with Crippen molar-refractivity contribution in [2.75, 3.05) is 0 Å². The summed E-state index contributed by atoms with van der Waals surface area (Å²) in [5.41, 5.74) is 5.04. The molecule has 0 spiro atoms. The zero-order chi connectivity index (χ0) is 22.2. The first-order valence-electron chi connectivity index (χ1n) is 8.78. The zero-order valence-corrected chi connectivity index (χ0v) is 16.4. The van der Waals surface area contributed by atoms with E-state index in [1.807, 2.05) is 6.07 Å². The Morgan fingerprint density at radius 3 is 2.68 bits per heavy atom. The van der Waals surface area contributed by atoms with E-state index in [1.165, 1.54) is 23.7 Å². The van der Waals surface area contributed by atoms with Gasteiger partial charge in [-0.25, -0.2) is 15.0 Å². The molecule has 4 aromatic rings. The molecule has 0 unspecified atom stereocenters. The van der Waals surface area contributed by atoms with Crippen LogP contribution < -0.4 is 10.5 Å². The van der Waals surface area contributed by atoms with Crippen molar-refractivity contribution < 1.29 is 27.8 Å². The second kappa shape index (κ2) is 7.84. The van der Waals surface area contributed by atoms with Crippen molar-refractivity contribution in [2.24, 2.45) is 5.73 Å². The number of carbonyl (C=O) groups is 1. The smallest absolute Gasteiger partial charge is 0.416 e. The fourth-order valence-corrected chi connectivity index (χ4v) is 3.85. The molecule has 2 heterocycles. The molecule has 0 aliphatic heterocycles. The highest BCUT2D eigenvalue weighted by atomic mass is 32.1. The summed E-state index contributed by atoms with van der Waals surface area (Å²) < 4.78 is 45.0. The number of phenols is 1. The van der Waals surface area contributed by atoms with Gasteiger partial charge in [0, 0.05) is 11.6 Å². The molecule has 0 aliphatic carbocycles. The summed E-state index contributed by atoms with van der Waals surface area (Å²) in [5, 5.41) is 10.6. The van der Waals surface area contributed by atoms with Crippen LogP contribution in [0.3, 0.4) is 0 Å². The minimum Gasteiger partial charge on any atom is -0.507 e. The number of ether oxygens (including phenoxy) is 1. The number of halogens is 3. The van der Waals surface area contributed by atoms with E-state index in [0.29, 0.717) is 22.3 Å². The highest BCUT2D eigenvalue weighted by Crippen LogP contribution is 2.37. The number of thiazole rings is 1. The van der Waals surface area contributed by atoms with Gasteiger partial charge in [0.25, 0.3) is 0 Å². The van der Waals surface area contributed by atoms with Crippen LogP contribution in [0, 0.1) is 0 Å². The predicted octanol–water partition coefficient (Wildman–Crippen LogP) is 4.30. The van der Waals surface area contributed by atoms with Crippen LogP contribution in [0.25, 0.3) is 21.5 Å². The Morgan fingerprint density at radius 2 is 1.97 bits per heavy atom. The van der Waals surface area contributed by atoms with E-state index in [9.17, 15) is 23.1 Å². The van der Waals surface area contributed by atoms with E-state index in [2.05, 4.69) is 15.0 Å². The lowest BCUT2D eigenvalue weighted by molar-refractivity contribution is -0.137. The molecular formula is C20H13F3N4O3S. The van der Waals surface area contributed by atoms with E-state index in [4.69, 9.17) is 10.5 Å². The molecule has 1 amide bonds. The molecule has 0 fully saturated rings. The minimum atomic E-state index is -4.57. The summed E-state index contributed by atoms with van der Waals surface area (Å²) in [6.07, 6.45) is -3.40. The third-order valence-electron chi connectivity index (χ3n) is 4.21. The summed E-state index contributed by atoms with van der Waals surface area (Å²) in [4.78, 5) is 23.6. The molecule has 4 rings (SSSR count). The number of rotatable bonds is 5. The number of aromatic hydroxyl groups is 1. The zero-order valence-electron chi connectivity index (χ0n) is 15.6. The van der Waals surface area contributed by atoms with Crippen molar-refractivity contribution in [2.45, 2.75) is 12.6 Å². The lowest BCUT2D eigenvalue weighted by atomic mass is 10.1. The van der Waals surface area contributed by atoms with Crippen molar-refractivity contribution >= 4 is 27.5 Å². The second-order valence-electron chi connectivity index (χ2n) is 6.43. The van der Waals surface area contributed by atoms with Gasteiger partial charge in [0.2, 0.25) is 11.8 Å². The van der Waals surface area contributed by atoms with E-state index in [0.717, 1.165) is 16.8 Å². The fourth-order valence-electron chi connectivity index (χ4n) is 2.86. The molecule has 0 aliphatic rings. The lowest BCUT2D eigenvalue weighted by Crippen LogP contribution is -2.13. The molecule has 158 valence electrons. The molecule has 0 atom stereocenters. The normalized spacial score (nSPS) is 11.6. The Morgan fingerprint density at radius 1 is 1.16 bits per heavy atom. The van der Waals surface area contributed by atoms with Crippen LogP contribution in [0.1, 0.15) is 10.6 Å². The van der Waals surface area contributed by atoms with Gasteiger partial charge < -0.3 is 15.6 Å². The van der Waals surface area contributed by atoms with Gasteiger partial charge in [-0.2, -0.15) is 13.2 Å². The van der Waals surface area contributed by atoms with Crippen molar-refractivity contribution in [1.82, 2.24) is 15.0 Å². The number of nitrogens with two attached hydrogens (primary N) is 1. The largest absolute Gasteiger partial charge is 0.507 e. The van der Waals surface area contributed by atoms with Crippen LogP contribution in [0.15, 0.2) is 48.8 Å². The number of benzene rings is 2. The third kappa shape index (κ3) is 4.40. The monoisotopic (exact) mass is 446 g/mol. The van der Waals surface area contributed by atoms with Gasteiger partial charge in [0.15, 0.2) is 5.75 Å². The number of nitrogens with zero attached hydrogens (tertiary/aromatic N) is 3. The Hall–Kier alpha value is -3.73. The van der Waals surface area contributed by atoms with Gasteiger partial charge in [-0.3, -0.25) is 4.79 Å². The van der Waals surface area contributed by atoms with Gasteiger partial charge in [-0.1, -0.05) is 6.07 Å². The second-order valence-corrected chi connectivity index (χ2v) is 7.54. The first-order valence-corrected chi connectivity index (χ1v) is 9.59. The third-order valence-corrected chi connectivity index (χ3v) is 5.23. The van der Waals surface area contributed by atoms with E-state index < -0.39 is 23.4 Å². The number of amides is 1. The molecule has 0 bridgehead atoms. The van der Waals surface area contributed by atoms with E-state index in [1.54, 1.807) is 12.1 Å². The molecule has 2 aromatic carbocycles. The molecule has 0 radical (unpaired) electrons. The molecule has 0 saturated heterocycles. The number of primary amides is 1. The first kappa shape index (κ1) is 20.5. The van der Waals surface area contributed by atoms with E-state index >= 15 is 0 Å². The predicted molar refractivity (Wildman–Crippen MR) is 107 cm³/mol. The Bertz CT molecular complexity index is 1290. The van der Waals surface area contributed by atoms with Crippen LogP contribution >= 0.6 is 11.3 Å². The maximum Gasteiger partial charge on any atom is 0.416 e. The number of para-hydroxylation sites is 1. The number of aromatic nitrogens is 3. The summed E-state index contributed by atoms with van der Waals surface area (Å²) in [5.74, 6) is -0.609. The van der Waals surface area contributed by atoms with Crippen LogP contribution in [0.2, 0.25) is 0 Å². The van der Waals surface area contributed by atoms with Gasteiger partial charge in [-0.05, 0) is 30.3 Å². The van der Waals surface area contributed by atoms with Crippen molar-refractivity contribution in [3.63, 3.8) is 0 Å². The Balaban J connectivity index is 1.66. The summed E-state index contributed by atoms with van der Waals surface area (Å²) in [6.45, 7) is 0. The summed E-state index contributed by atoms with van der Waals surface area (Å²) in [6, 6.07) is 9.22.